The summed E-state index contributed by atoms with van der Waals surface area (Å²) >= 11 is 0. The zero-order chi connectivity index (χ0) is 16.0. The number of carboxylic acid groups (broad SMARTS) is 1. The molecule has 1 rings (SSSR count). The predicted molar refractivity (Wildman–Crippen MR) is 77.9 cm³/mol. The minimum atomic E-state index is -0.801. The molecule has 3 amide bonds. The van der Waals surface area contributed by atoms with Gasteiger partial charge < -0.3 is 20.2 Å². The van der Waals surface area contributed by atoms with Gasteiger partial charge in [0.2, 0.25) is 5.91 Å². The molecular formula is C14H25N3O4. The monoisotopic (exact) mass is 299 g/mol. The standard InChI is InChI=1S/C14H25N3O4/c1-4-6-16(9-12(18)15-3)14(21)17-7-5-11(13(19)20)8-10(17)2/h10-11H,4-9H2,1-3H3,(H,15,18)(H,19,20). The molecule has 0 spiro atoms. The lowest BCUT2D eigenvalue weighted by molar-refractivity contribution is -0.143. The van der Waals surface area contributed by atoms with Crippen molar-refractivity contribution >= 4 is 17.9 Å². The maximum atomic E-state index is 12.6. The summed E-state index contributed by atoms with van der Waals surface area (Å²) in [4.78, 5) is 38.3. The molecule has 1 aliphatic heterocycles. The molecule has 7 nitrogen and oxygen atoms in total. The van der Waals surface area contributed by atoms with Gasteiger partial charge in [-0.1, -0.05) is 6.92 Å². The summed E-state index contributed by atoms with van der Waals surface area (Å²) in [5.41, 5.74) is 0. The first kappa shape index (κ1) is 17.3. The highest BCUT2D eigenvalue weighted by Gasteiger charge is 2.34. The Morgan fingerprint density at radius 3 is 2.52 bits per heavy atom. The van der Waals surface area contributed by atoms with Gasteiger partial charge in [-0.2, -0.15) is 0 Å². The van der Waals surface area contributed by atoms with Crippen molar-refractivity contribution in [2.24, 2.45) is 5.92 Å². The largest absolute Gasteiger partial charge is 0.481 e. The number of likely N-dealkylation sites (N-methyl/N-ethyl adjacent to an activating group) is 1. The molecule has 1 saturated heterocycles. The number of carbonyl (C=O) groups is 3. The van der Waals surface area contributed by atoms with Crippen LogP contribution in [0.25, 0.3) is 0 Å². The maximum absolute atomic E-state index is 12.6. The molecule has 0 radical (unpaired) electrons. The Morgan fingerprint density at radius 2 is 2.05 bits per heavy atom. The number of piperidine rings is 1. The van der Waals surface area contributed by atoms with Crippen molar-refractivity contribution < 1.29 is 19.5 Å². The molecule has 0 aromatic rings. The lowest BCUT2D eigenvalue weighted by Crippen LogP contribution is -2.53. The number of hydrogen-bond donors (Lipinski definition) is 2. The van der Waals surface area contributed by atoms with Crippen molar-refractivity contribution in [1.29, 1.82) is 0 Å². The molecule has 0 saturated carbocycles. The SMILES string of the molecule is CCCN(CC(=O)NC)C(=O)N1CCC(C(=O)O)CC1C. The van der Waals surface area contributed by atoms with E-state index in [1.807, 2.05) is 13.8 Å². The number of likely N-dealkylation sites (tertiary alicyclic amines) is 1. The number of carboxylic acids is 1. The quantitative estimate of drug-likeness (QED) is 0.784. The lowest BCUT2D eigenvalue weighted by atomic mass is 9.92. The van der Waals surface area contributed by atoms with Crippen molar-refractivity contribution in [2.75, 3.05) is 26.7 Å². The van der Waals surface area contributed by atoms with Gasteiger partial charge in [0.1, 0.15) is 6.54 Å². The summed E-state index contributed by atoms with van der Waals surface area (Å²) in [6.07, 6.45) is 1.69. The Balaban J connectivity index is 2.70. The van der Waals surface area contributed by atoms with Gasteiger partial charge in [-0.15, -0.1) is 0 Å². The van der Waals surface area contributed by atoms with Crippen LogP contribution in [0.15, 0.2) is 0 Å². The normalized spacial score (nSPS) is 21.8. The summed E-state index contributed by atoms with van der Waals surface area (Å²) in [5.74, 6) is -1.39. The second kappa shape index (κ2) is 7.85. The fourth-order valence-electron chi connectivity index (χ4n) is 2.63. The molecule has 0 aliphatic carbocycles. The number of aliphatic carboxylic acids is 1. The Hall–Kier alpha value is -1.79. The number of rotatable bonds is 5. The highest BCUT2D eigenvalue weighted by Crippen LogP contribution is 2.24. The van der Waals surface area contributed by atoms with Gasteiger partial charge >= 0.3 is 12.0 Å². The van der Waals surface area contributed by atoms with Gasteiger partial charge in [0.05, 0.1) is 5.92 Å². The van der Waals surface area contributed by atoms with Crippen LogP contribution in [0, 0.1) is 5.92 Å². The minimum absolute atomic E-state index is 0.0365. The Kier molecular flexibility index (Phi) is 6.45. The number of hydrogen-bond acceptors (Lipinski definition) is 3. The molecule has 0 aromatic heterocycles. The zero-order valence-corrected chi connectivity index (χ0v) is 13.0. The third-order valence-electron chi connectivity index (χ3n) is 3.85. The number of amides is 3. The van der Waals surface area contributed by atoms with Crippen LogP contribution < -0.4 is 5.32 Å². The van der Waals surface area contributed by atoms with Crippen molar-refractivity contribution in [3.63, 3.8) is 0 Å². The molecule has 21 heavy (non-hydrogen) atoms. The Labute approximate surface area is 125 Å². The van der Waals surface area contributed by atoms with Crippen LogP contribution in [-0.2, 0) is 9.59 Å². The smallest absolute Gasteiger partial charge is 0.320 e. The highest BCUT2D eigenvalue weighted by atomic mass is 16.4. The van der Waals surface area contributed by atoms with E-state index < -0.39 is 5.97 Å². The average Bonchev–Trinajstić information content (AvgIpc) is 2.45. The molecule has 1 heterocycles. The summed E-state index contributed by atoms with van der Waals surface area (Å²) < 4.78 is 0. The van der Waals surface area contributed by atoms with Gasteiger partial charge in [0.25, 0.3) is 0 Å². The van der Waals surface area contributed by atoms with Crippen LogP contribution in [0.2, 0.25) is 0 Å². The minimum Gasteiger partial charge on any atom is -0.481 e. The first-order chi connectivity index (χ1) is 9.90. The van der Waals surface area contributed by atoms with E-state index >= 15 is 0 Å². The van der Waals surface area contributed by atoms with Crippen LogP contribution in [0.1, 0.15) is 33.1 Å². The molecule has 0 aromatic carbocycles. The maximum Gasteiger partial charge on any atom is 0.320 e. The van der Waals surface area contributed by atoms with Crippen molar-refractivity contribution in [3.8, 4) is 0 Å². The van der Waals surface area contributed by atoms with E-state index in [2.05, 4.69) is 5.32 Å². The second-order valence-electron chi connectivity index (χ2n) is 5.48. The van der Waals surface area contributed by atoms with Crippen LogP contribution >= 0.6 is 0 Å². The van der Waals surface area contributed by atoms with Crippen molar-refractivity contribution in [1.82, 2.24) is 15.1 Å². The first-order valence-electron chi connectivity index (χ1n) is 7.39. The molecule has 7 heteroatoms. The van der Waals surface area contributed by atoms with Gasteiger partial charge in [0.15, 0.2) is 0 Å². The molecule has 2 atom stereocenters. The van der Waals surface area contributed by atoms with E-state index in [0.29, 0.717) is 25.9 Å². The molecule has 120 valence electrons. The van der Waals surface area contributed by atoms with Gasteiger partial charge in [-0.05, 0) is 26.2 Å². The number of nitrogens with zero attached hydrogens (tertiary/aromatic N) is 2. The van der Waals surface area contributed by atoms with E-state index in [1.165, 1.54) is 11.9 Å². The molecule has 2 unspecified atom stereocenters. The van der Waals surface area contributed by atoms with Crippen molar-refractivity contribution in [2.45, 2.75) is 39.2 Å². The van der Waals surface area contributed by atoms with E-state index in [9.17, 15) is 14.4 Å². The summed E-state index contributed by atoms with van der Waals surface area (Å²) in [6.45, 7) is 4.78. The number of nitrogens with one attached hydrogen (secondary N) is 1. The van der Waals surface area contributed by atoms with Gasteiger partial charge in [-0.25, -0.2) is 4.79 Å². The average molecular weight is 299 g/mol. The third kappa shape index (κ3) is 4.61. The van der Waals surface area contributed by atoms with Crippen molar-refractivity contribution in [3.05, 3.63) is 0 Å². The van der Waals surface area contributed by atoms with Crippen LogP contribution in [-0.4, -0.2) is 65.5 Å². The highest BCUT2D eigenvalue weighted by molar-refractivity contribution is 5.84. The lowest BCUT2D eigenvalue weighted by Gasteiger charge is -2.39. The zero-order valence-electron chi connectivity index (χ0n) is 13.0. The van der Waals surface area contributed by atoms with Crippen LogP contribution in [0.3, 0.4) is 0 Å². The predicted octanol–water partition coefficient (Wildman–Crippen LogP) is 0.750. The topological polar surface area (TPSA) is 90.0 Å². The van der Waals surface area contributed by atoms with E-state index in [1.54, 1.807) is 4.90 Å². The van der Waals surface area contributed by atoms with E-state index in [4.69, 9.17) is 5.11 Å². The fourth-order valence-corrected chi connectivity index (χ4v) is 2.63. The van der Waals surface area contributed by atoms with Gasteiger partial charge in [-0.3, -0.25) is 9.59 Å². The first-order valence-corrected chi connectivity index (χ1v) is 7.39. The Morgan fingerprint density at radius 1 is 1.38 bits per heavy atom. The fraction of sp³-hybridized carbons (Fsp3) is 0.786. The molecule has 2 N–H and O–H groups in total. The molecule has 1 fully saturated rings. The molecular weight excluding hydrogens is 274 g/mol. The summed E-state index contributed by atoms with van der Waals surface area (Å²) in [6, 6.07) is -0.312. The third-order valence-corrected chi connectivity index (χ3v) is 3.85. The second-order valence-corrected chi connectivity index (χ2v) is 5.48. The summed E-state index contributed by atoms with van der Waals surface area (Å²) in [7, 11) is 1.54. The molecule has 0 bridgehead atoms. The number of urea groups is 1. The summed E-state index contributed by atoms with van der Waals surface area (Å²) in [5, 5.41) is 11.6. The molecule has 1 aliphatic rings. The van der Waals surface area contributed by atoms with E-state index in [-0.39, 0.29) is 30.4 Å². The van der Waals surface area contributed by atoms with Crippen LogP contribution in [0.5, 0.6) is 0 Å². The van der Waals surface area contributed by atoms with E-state index in [0.717, 1.165) is 6.42 Å². The Bertz CT molecular complexity index is 400. The van der Waals surface area contributed by atoms with Gasteiger partial charge in [0, 0.05) is 26.2 Å². The number of carbonyl (C=O) groups excluding carboxylic acids is 2. The van der Waals surface area contributed by atoms with Crippen LogP contribution in [0.4, 0.5) is 4.79 Å².